The Balaban J connectivity index is 1.88. The fraction of sp³-hybridized carbons (Fsp3) is 0.600. The molecule has 2 atom stereocenters. The van der Waals surface area contributed by atoms with Gasteiger partial charge in [0.05, 0.1) is 6.54 Å². The first-order valence-corrected chi connectivity index (χ1v) is 7.23. The summed E-state index contributed by atoms with van der Waals surface area (Å²) in [4.78, 5) is 25.6. The van der Waals surface area contributed by atoms with E-state index in [0.717, 1.165) is 24.2 Å². The van der Waals surface area contributed by atoms with Crippen LogP contribution in [0, 0.1) is 6.92 Å². The molecule has 0 bridgehead atoms. The third kappa shape index (κ3) is 2.48. The lowest BCUT2D eigenvalue weighted by Crippen LogP contribution is -2.34. The Labute approximate surface area is 121 Å². The van der Waals surface area contributed by atoms with E-state index in [9.17, 15) is 19.1 Å². The average molecular weight is 295 g/mol. The lowest BCUT2D eigenvalue weighted by Gasteiger charge is -2.24. The molecule has 6 heteroatoms. The molecule has 1 saturated heterocycles. The van der Waals surface area contributed by atoms with Gasteiger partial charge in [-0.25, -0.2) is 9.18 Å². The normalized spacial score (nSPS) is 26.0. The minimum absolute atomic E-state index is 0.0561. The highest BCUT2D eigenvalue weighted by atomic mass is 19.1. The van der Waals surface area contributed by atoms with Crippen LogP contribution in [0.5, 0.6) is 0 Å². The third-order valence-electron chi connectivity index (χ3n) is 4.40. The summed E-state index contributed by atoms with van der Waals surface area (Å²) < 4.78 is 18.6. The van der Waals surface area contributed by atoms with E-state index in [2.05, 4.69) is 0 Å². The SMILES string of the molecule is Cc1cc(C2CCC2)oc(=O)c1C(=O)N1C[C@@H](O)[C@H](F)C1. The number of amides is 1. The summed E-state index contributed by atoms with van der Waals surface area (Å²) in [5.41, 5.74) is -0.173. The Morgan fingerprint density at radius 1 is 1.43 bits per heavy atom. The number of likely N-dealkylation sites (tertiary alicyclic amines) is 1. The Morgan fingerprint density at radius 2 is 2.14 bits per heavy atom. The minimum Gasteiger partial charge on any atom is -0.427 e. The zero-order valence-corrected chi connectivity index (χ0v) is 11.8. The maximum Gasteiger partial charge on any atom is 0.349 e. The van der Waals surface area contributed by atoms with Crippen LogP contribution in [0.1, 0.15) is 46.9 Å². The highest BCUT2D eigenvalue weighted by Crippen LogP contribution is 2.36. The fourth-order valence-corrected chi connectivity index (χ4v) is 2.85. The highest BCUT2D eigenvalue weighted by molar-refractivity contribution is 5.95. The topological polar surface area (TPSA) is 70.8 Å². The molecule has 1 aromatic heterocycles. The maximum absolute atomic E-state index is 13.3. The van der Waals surface area contributed by atoms with Crippen LogP contribution < -0.4 is 5.63 Å². The van der Waals surface area contributed by atoms with E-state index in [1.165, 1.54) is 0 Å². The zero-order chi connectivity index (χ0) is 15.1. The lowest BCUT2D eigenvalue weighted by atomic mass is 9.83. The van der Waals surface area contributed by atoms with Crippen molar-refractivity contribution in [3.8, 4) is 0 Å². The highest BCUT2D eigenvalue weighted by Gasteiger charge is 2.36. The molecule has 5 nitrogen and oxygen atoms in total. The van der Waals surface area contributed by atoms with Gasteiger partial charge in [0.15, 0.2) is 0 Å². The molecule has 0 aromatic carbocycles. The van der Waals surface area contributed by atoms with Crippen molar-refractivity contribution in [2.24, 2.45) is 0 Å². The Morgan fingerprint density at radius 3 is 2.62 bits per heavy atom. The predicted molar refractivity (Wildman–Crippen MR) is 73.1 cm³/mol. The van der Waals surface area contributed by atoms with Gasteiger partial charge in [-0.15, -0.1) is 0 Å². The molecular formula is C15H18FNO4. The molecule has 0 unspecified atom stereocenters. The molecule has 114 valence electrons. The van der Waals surface area contributed by atoms with E-state index >= 15 is 0 Å². The molecule has 1 aliphatic heterocycles. The summed E-state index contributed by atoms with van der Waals surface area (Å²) in [6.07, 6.45) is 0.471. The number of rotatable bonds is 2. The van der Waals surface area contributed by atoms with Gasteiger partial charge in [0.2, 0.25) is 0 Å². The third-order valence-corrected chi connectivity index (χ3v) is 4.40. The molecule has 0 radical (unpaired) electrons. The molecule has 2 aliphatic rings. The number of aliphatic hydroxyl groups is 1. The van der Waals surface area contributed by atoms with Gasteiger partial charge in [0, 0.05) is 12.5 Å². The number of hydrogen-bond acceptors (Lipinski definition) is 4. The van der Waals surface area contributed by atoms with Gasteiger partial charge in [-0.05, 0) is 31.4 Å². The molecular weight excluding hydrogens is 277 g/mol. The van der Waals surface area contributed by atoms with Crippen LogP contribution in [0.3, 0.4) is 0 Å². The van der Waals surface area contributed by atoms with Crippen LogP contribution in [-0.2, 0) is 0 Å². The molecule has 1 N–H and O–H groups in total. The number of halogens is 1. The van der Waals surface area contributed by atoms with E-state index in [1.807, 2.05) is 0 Å². The van der Waals surface area contributed by atoms with Crippen molar-refractivity contribution >= 4 is 5.91 Å². The van der Waals surface area contributed by atoms with Crippen molar-refractivity contribution in [2.45, 2.75) is 44.4 Å². The van der Waals surface area contributed by atoms with Gasteiger partial charge >= 0.3 is 5.63 Å². The molecule has 2 heterocycles. The van der Waals surface area contributed by atoms with Gasteiger partial charge in [-0.1, -0.05) is 6.42 Å². The quantitative estimate of drug-likeness (QED) is 0.894. The van der Waals surface area contributed by atoms with Crippen molar-refractivity contribution in [3.05, 3.63) is 33.4 Å². The molecule has 21 heavy (non-hydrogen) atoms. The summed E-state index contributed by atoms with van der Waals surface area (Å²) in [6.45, 7) is 1.40. The van der Waals surface area contributed by atoms with Crippen molar-refractivity contribution in [1.82, 2.24) is 4.90 Å². The number of nitrogens with zero attached hydrogens (tertiary/aromatic N) is 1. The fourth-order valence-electron chi connectivity index (χ4n) is 2.85. The largest absolute Gasteiger partial charge is 0.427 e. The average Bonchev–Trinajstić information content (AvgIpc) is 2.66. The Bertz CT molecular complexity index is 613. The zero-order valence-electron chi connectivity index (χ0n) is 11.8. The van der Waals surface area contributed by atoms with Gasteiger partial charge in [0.1, 0.15) is 23.6 Å². The number of alkyl halides is 1. The summed E-state index contributed by atoms with van der Waals surface area (Å²) >= 11 is 0. The van der Waals surface area contributed by atoms with Gasteiger partial charge in [-0.2, -0.15) is 0 Å². The van der Waals surface area contributed by atoms with Crippen LogP contribution in [-0.4, -0.2) is 41.3 Å². The molecule has 1 saturated carbocycles. The summed E-state index contributed by atoms with van der Waals surface area (Å²) in [5, 5.41) is 9.39. The van der Waals surface area contributed by atoms with Crippen molar-refractivity contribution in [2.75, 3.05) is 13.1 Å². The van der Waals surface area contributed by atoms with Crippen molar-refractivity contribution < 1.29 is 18.7 Å². The number of aliphatic hydroxyl groups excluding tert-OH is 1. The summed E-state index contributed by atoms with van der Waals surface area (Å²) in [7, 11) is 0. The van der Waals surface area contributed by atoms with Crippen molar-refractivity contribution in [3.63, 3.8) is 0 Å². The molecule has 0 spiro atoms. The molecule has 1 amide bonds. The second-order valence-electron chi connectivity index (χ2n) is 5.92. The molecule has 1 aliphatic carbocycles. The molecule has 2 fully saturated rings. The van der Waals surface area contributed by atoms with E-state index in [4.69, 9.17) is 4.42 Å². The predicted octanol–water partition coefficient (Wildman–Crippen LogP) is 1.37. The van der Waals surface area contributed by atoms with Gasteiger partial charge in [0.25, 0.3) is 5.91 Å². The monoisotopic (exact) mass is 295 g/mol. The van der Waals surface area contributed by atoms with Crippen LogP contribution >= 0.6 is 0 Å². The van der Waals surface area contributed by atoms with Gasteiger partial charge in [-0.3, -0.25) is 4.79 Å². The van der Waals surface area contributed by atoms with E-state index in [1.54, 1.807) is 13.0 Å². The first-order valence-electron chi connectivity index (χ1n) is 7.23. The number of carbonyl (C=O) groups is 1. The minimum atomic E-state index is -1.46. The molecule has 3 rings (SSSR count). The van der Waals surface area contributed by atoms with Crippen LogP contribution in [0.2, 0.25) is 0 Å². The van der Waals surface area contributed by atoms with Crippen molar-refractivity contribution in [1.29, 1.82) is 0 Å². The van der Waals surface area contributed by atoms with Crippen LogP contribution in [0.4, 0.5) is 4.39 Å². The number of carbonyl (C=O) groups excluding carboxylic acids is 1. The van der Waals surface area contributed by atoms with E-state index < -0.39 is 23.8 Å². The smallest absolute Gasteiger partial charge is 0.349 e. The molecule has 1 aromatic rings. The summed E-state index contributed by atoms with van der Waals surface area (Å²) in [6, 6.07) is 1.73. The first-order chi connectivity index (χ1) is 9.97. The van der Waals surface area contributed by atoms with E-state index in [-0.39, 0.29) is 24.6 Å². The standard InChI is InChI=1S/C15H18FNO4/c1-8-5-12(9-3-2-4-9)21-15(20)13(8)14(19)17-6-10(16)11(18)7-17/h5,9-11,18H,2-4,6-7H2,1H3/t10-,11-/m1/s1. The Hall–Kier alpha value is -1.69. The number of hydrogen-bond donors (Lipinski definition) is 1. The Kier molecular flexibility index (Phi) is 3.57. The first kappa shape index (κ1) is 14.3. The van der Waals surface area contributed by atoms with Gasteiger partial charge < -0.3 is 14.4 Å². The number of aryl methyl sites for hydroxylation is 1. The maximum atomic E-state index is 13.3. The van der Waals surface area contributed by atoms with Crippen LogP contribution in [0.15, 0.2) is 15.3 Å². The second kappa shape index (κ2) is 5.26. The number of β-amino-alcohol motifs (C(OH)–C–C–N with tert-alkyl or cyclic N) is 1. The van der Waals surface area contributed by atoms with E-state index in [0.29, 0.717) is 11.3 Å². The summed E-state index contributed by atoms with van der Waals surface area (Å²) in [5.74, 6) is 0.329. The lowest BCUT2D eigenvalue weighted by molar-refractivity contribution is 0.0758. The second-order valence-corrected chi connectivity index (χ2v) is 5.92. The van der Waals surface area contributed by atoms with Crippen LogP contribution in [0.25, 0.3) is 0 Å².